The Balaban J connectivity index is 0.000000275. The maximum Gasteiger partial charge on any atom is 0.0709 e. The Labute approximate surface area is 179 Å². The molecule has 0 atom stereocenters. The van der Waals surface area contributed by atoms with E-state index in [1.54, 1.807) is 6.20 Å². The Hall–Kier alpha value is -3.21. The van der Waals surface area contributed by atoms with Crippen molar-refractivity contribution in [3.05, 3.63) is 65.6 Å². The number of hydrogen-bond acceptors (Lipinski definition) is 4. The Kier molecular flexibility index (Phi) is 6.50. The van der Waals surface area contributed by atoms with E-state index in [1.165, 1.54) is 27.6 Å². The van der Waals surface area contributed by atoms with Gasteiger partial charge in [0.25, 0.3) is 0 Å². The molecule has 0 bridgehead atoms. The third-order valence-corrected chi connectivity index (χ3v) is 5.91. The molecule has 0 amide bonds. The Bertz CT molecular complexity index is 1100. The second kappa shape index (κ2) is 9.08. The smallest absolute Gasteiger partial charge is 0.0709 e. The largest absolute Gasteiger partial charge is 0.347 e. The van der Waals surface area contributed by atoms with Crippen LogP contribution in [0.5, 0.6) is 0 Å². The first-order chi connectivity index (χ1) is 14.4. The molecule has 30 heavy (non-hydrogen) atoms. The zero-order valence-corrected chi connectivity index (χ0v) is 18.9. The lowest BCUT2D eigenvalue weighted by Gasteiger charge is -2.14. The zero-order chi connectivity index (χ0) is 21.8. The fourth-order valence-corrected chi connectivity index (χ4v) is 3.63. The lowest BCUT2D eigenvalue weighted by Crippen LogP contribution is -2.09. The minimum atomic E-state index is 0.888. The average molecular weight is 402 g/mol. The molecule has 0 spiro atoms. The minimum Gasteiger partial charge on any atom is -0.347 e. The first-order valence-electron chi connectivity index (χ1n) is 10.3. The van der Waals surface area contributed by atoms with Gasteiger partial charge in [0.05, 0.1) is 23.1 Å². The number of benzene rings is 1. The predicted octanol–water partition coefficient (Wildman–Crippen LogP) is 5.74. The third-order valence-electron chi connectivity index (χ3n) is 5.91. The summed E-state index contributed by atoms with van der Waals surface area (Å²) in [5.74, 6) is 0. The van der Waals surface area contributed by atoms with Crippen LogP contribution in [0, 0.1) is 0 Å². The maximum atomic E-state index is 4.66. The van der Waals surface area contributed by atoms with Crippen molar-refractivity contribution in [1.82, 2.24) is 15.2 Å². The summed E-state index contributed by atoms with van der Waals surface area (Å²) >= 11 is 0. The molecule has 1 aliphatic heterocycles. The predicted molar refractivity (Wildman–Crippen MR) is 128 cm³/mol. The molecule has 1 aromatic carbocycles. The van der Waals surface area contributed by atoms with E-state index in [4.69, 9.17) is 0 Å². The summed E-state index contributed by atoms with van der Waals surface area (Å²) in [7, 11) is 3.86. The Morgan fingerprint density at radius 1 is 1.33 bits per heavy atom. The summed E-state index contributed by atoms with van der Waals surface area (Å²) in [5.41, 5.74) is 10.6. The van der Waals surface area contributed by atoms with Gasteiger partial charge in [-0.2, -0.15) is 5.10 Å². The van der Waals surface area contributed by atoms with E-state index in [0.717, 1.165) is 41.1 Å². The highest BCUT2D eigenvalue weighted by Crippen LogP contribution is 2.38. The van der Waals surface area contributed by atoms with E-state index in [2.05, 4.69) is 70.8 Å². The second-order valence-corrected chi connectivity index (χ2v) is 7.56. The molecule has 1 N–H and O–H groups in total. The summed E-state index contributed by atoms with van der Waals surface area (Å²) in [6.07, 6.45) is 7.67. The number of pyridine rings is 1. The normalized spacial score (nSPS) is 14.1. The van der Waals surface area contributed by atoms with Crippen molar-refractivity contribution in [2.75, 3.05) is 19.0 Å². The molecular formula is C25H31N5. The van der Waals surface area contributed by atoms with Gasteiger partial charge in [-0.3, -0.25) is 15.1 Å². The van der Waals surface area contributed by atoms with Crippen molar-refractivity contribution in [2.45, 2.75) is 40.5 Å². The van der Waals surface area contributed by atoms with E-state index >= 15 is 0 Å². The average Bonchev–Trinajstić information content (AvgIpc) is 3.40. The number of rotatable bonds is 3. The van der Waals surface area contributed by atoms with Gasteiger partial charge in [-0.15, -0.1) is 0 Å². The van der Waals surface area contributed by atoms with Crippen LogP contribution in [0.1, 0.15) is 38.8 Å². The van der Waals surface area contributed by atoms with Gasteiger partial charge in [0.2, 0.25) is 0 Å². The molecule has 156 valence electrons. The molecule has 3 aromatic rings. The molecule has 0 radical (unpaired) electrons. The lowest BCUT2D eigenvalue weighted by atomic mass is 9.96. The monoisotopic (exact) mass is 401 g/mol. The van der Waals surface area contributed by atoms with Gasteiger partial charge in [0, 0.05) is 49.1 Å². The van der Waals surface area contributed by atoms with Crippen molar-refractivity contribution in [1.29, 1.82) is 0 Å². The lowest BCUT2D eigenvalue weighted by molar-refractivity contribution is 1.08. The quantitative estimate of drug-likeness (QED) is 0.570. The van der Waals surface area contributed by atoms with Crippen LogP contribution in [0.15, 0.2) is 59.5 Å². The number of anilines is 1. The van der Waals surface area contributed by atoms with Crippen molar-refractivity contribution >= 4 is 22.3 Å². The van der Waals surface area contributed by atoms with Crippen LogP contribution in [0.2, 0.25) is 0 Å². The molecule has 5 heteroatoms. The van der Waals surface area contributed by atoms with Crippen LogP contribution in [-0.4, -0.2) is 35.0 Å². The van der Waals surface area contributed by atoms with Gasteiger partial charge in [-0.25, -0.2) is 0 Å². The van der Waals surface area contributed by atoms with Crippen LogP contribution >= 0.6 is 0 Å². The van der Waals surface area contributed by atoms with Crippen LogP contribution in [0.25, 0.3) is 22.2 Å². The van der Waals surface area contributed by atoms with Crippen molar-refractivity contribution in [2.24, 2.45) is 4.99 Å². The standard InChI is InChI=1S/C18H18N4.C7H13N/c1-4-12-8-17-14(9-13(12)16-5-6-20-21-16)15-7-11(2)22(3)18(15)10-19-17;1-5-6(2)7(3)8-4/h5-6,8-10H,2,4,7H2,1,3H3,(H,20,21);5H,1-4H3/b;6-5-,8-7?. The second-order valence-electron chi connectivity index (χ2n) is 7.56. The van der Waals surface area contributed by atoms with Crippen molar-refractivity contribution in [3.63, 3.8) is 0 Å². The number of hydrogen-bond donors (Lipinski definition) is 1. The number of allylic oxidation sites excluding steroid dienone is 3. The summed E-state index contributed by atoms with van der Waals surface area (Å²) in [5, 5.41) is 8.38. The SMILES string of the molecule is C/C=C(/C)C(C)=NC.C=C1Cc2c(cnc3cc(CC)c(-c4ccn[nH]4)cc23)N1C. The van der Waals surface area contributed by atoms with E-state index in [1.807, 2.05) is 33.2 Å². The van der Waals surface area contributed by atoms with Crippen LogP contribution in [0.4, 0.5) is 5.69 Å². The first kappa shape index (κ1) is 21.5. The van der Waals surface area contributed by atoms with Crippen molar-refractivity contribution in [3.8, 4) is 11.3 Å². The van der Waals surface area contributed by atoms with Crippen LogP contribution in [0.3, 0.4) is 0 Å². The molecule has 3 heterocycles. The number of aliphatic imine (C=N–C) groups is 1. The summed E-state index contributed by atoms with van der Waals surface area (Å²) < 4.78 is 0. The fourth-order valence-electron chi connectivity index (χ4n) is 3.63. The van der Waals surface area contributed by atoms with E-state index in [-0.39, 0.29) is 0 Å². The summed E-state index contributed by atoms with van der Waals surface area (Å²) in [4.78, 5) is 10.8. The number of likely N-dealkylation sites (N-methyl/N-ethyl adjacent to an activating group) is 1. The highest BCUT2D eigenvalue weighted by atomic mass is 15.1. The van der Waals surface area contributed by atoms with Gasteiger partial charge >= 0.3 is 0 Å². The van der Waals surface area contributed by atoms with Gasteiger partial charge in [0.15, 0.2) is 0 Å². The van der Waals surface area contributed by atoms with Crippen molar-refractivity contribution < 1.29 is 0 Å². The van der Waals surface area contributed by atoms with Gasteiger partial charge < -0.3 is 4.90 Å². The molecule has 1 aliphatic rings. The Morgan fingerprint density at radius 3 is 2.67 bits per heavy atom. The maximum absolute atomic E-state index is 4.66. The molecule has 0 fully saturated rings. The van der Waals surface area contributed by atoms with E-state index < -0.39 is 0 Å². The van der Waals surface area contributed by atoms with Gasteiger partial charge in [-0.05, 0) is 62.1 Å². The number of fused-ring (bicyclic) bond motifs is 3. The Morgan fingerprint density at radius 2 is 2.10 bits per heavy atom. The molecule has 0 saturated heterocycles. The number of aromatic amines is 1. The van der Waals surface area contributed by atoms with Gasteiger partial charge in [0.1, 0.15) is 0 Å². The highest BCUT2D eigenvalue weighted by Gasteiger charge is 2.23. The van der Waals surface area contributed by atoms with Crippen LogP contribution in [-0.2, 0) is 12.8 Å². The molecule has 4 rings (SSSR count). The number of aromatic nitrogens is 3. The molecule has 0 unspecified atom stereocenters. The topological polar surface area (TPSA) is 57.2 Å². The van der Waals surface area contributed by atoms with E-state index in [9.17, 15) is 0 Å². The number of nitrogens with zero attached hydrogens (tertiary/aromatic N) is 4. The minimum absolute atomic E-state index is 0.888. The van der Waals surface area contributed by atoms with Gasteiger partial charge in [-0.1, -0.05) is 19.6 Å². The van der Waals surface area contributed by atoms with Crippen LogP contribution < -0.4 is 4.90 Å². The fraction of sp³-hybridized carbons (Fsp3) is 0.320. The molecule has 5 nitrogen and oxygen atoms in total. The molecule has 2 aromatic heterocycles. The molecule has 0 aliphatic carbocycles. The number of nitrogens with one attached hydrogen (secondary N) is 1. The number of H-pyrrole nitrogens is 1. The molecule has 0 saturated carbocycles. The van der Waals surface area contributed by atoms with E-state index in [0.29, 0.717) is 0 Å². The third kappa shape index (κ3) is 4.06. The molecular weight excluding hydrogens is 370 g/mol. The highest BCUT2D eigenvalue weighted by molar-refractivity contribution is 5.97. The zero-order valence-electron chi connectivity index (χ0n) is 18.9. The summed E-state index contributed by atoms with van der Waals surface area (Å²) in [6, 6.07) is 6.47. The first-order valence-corrected chi connectivity index (χ1v) is 10.3. The summed E-state index contributed by atoms with van der Waals surface area (Å²) in [6.45, 7) is 12.4. The number of aryl methyl sites for hydroxylation is 1.